The maximum atomic E-state index is 13.1. The van der Waals surface area contributed by atoms with Gasteiger partial charge in [0.15, 0.2) is 0 Å². The molecule has 1 aromatic rings. The molecular formula is C11H13ClFNO2. The molecule has 0 radical (unpaired) electrons. The average molecular weight is 246 g/mol. The van der Waals surface area contributed by atoms with Gasteiger partial charge < -0.3 is 10.4 Å². The van der Waals surface area contributed by atoms with Gasteiger partial charge in [0.2, 0.25) is 0 Å². The van der Waals surface area contributed by atoms with Crippen LogP contribution in [0.1, 0.15) is 17.3 Å². The summed E-state index contributed by atoms with van der Waals surface area (Å²) in [5, 5.41) is 11.3. The van der Waals surface area contributed by atoms with Crippen molar-refractivity contribution in [2.24, 2.45) is 5.92 Å². The number of amides is 1. The molecule has 16 heavy (non-hydrogen) atoms. The SMILES string of the molecule is CC(CO)CNC(=O)c1ccc(Cl)c(F)c1. The molecule has 0 aromatic heterocycles. The van der Waals surface area contributed by atoms with Gasteiger partial charge in [0.25, 0.3) is 5.91 Å². The van der Waals surface area contributed by atoms with E-state index < -0.39 is 5.82 Å². The Morgan fingerprint density at radius 3 is 2.88 bits per heavy atom. The summed E-state index contributed by atoms with van der Waals surface area (Å²) in [6.45, 7) is 2.14. The second kappa shape index (κ2) is 5.82. The van der Waals surface area contributed by atoms with Crippen LogP contribution in [0.2, 0.25) is 5.02 Å². The molecule has 88 valence electrons. The summed E-state index contributed by atoms with van der Waals surface area (Å²) in [7, 11) is 0. The van der Waals surface area contributed by atoms with Crippen molar-refractivity contribution in [1.29, 1.82) is 0 Å². The molecule has 1 unspecified atom stereocenters. The predicted octanol–water partition coefficient (Wildman–Crippen LogP) is 1.84. The smallest absolute Gasteiger partial charge is 0.251 e. The lowest BCUT2D eigenvalue weighted by Gasteiger charge is -2.09. The normalized spacial score (nSPS) is 12.2. The number of nitrogens with one attached hydrogen (secondary N) is 1. The van der Waals surface area contributed by atoms with E-state index in [4.69, 9.17) is 16.7 Å². The Kier molecular flexibility index (Phi) is 4.71. The summed E-state index contributed by atoms with van der Waals surface area (Å²) in [5.74, 6) is -1.03. The Morgan fingerprint density at radius 2 is 2.31 bits per heavy atom. The fraction of sp³-hybridized carbons (Fsp3) is 0.364. The molecule has 1 atom stereocenters. The van der Waals surface area contributed by atoms with Crippen molar-refractivity contribution in [2.45, 2.75) is 6.92 Å². The first-order valence-electron chi connectivity index (χ1n) is 4.88. The highest BCUT2D eigenvalue weighted by Crippen LogP contribution is 2.15. The van der Waals surface area contributed by atoms with Crippen LogP contribution < -0.4 is 5.32 Å². The summed E-state index contributed by atoms with van der Waals surface area (Å²) in [6.07, 6.45) is 0. The molecule has 0 heterocycles. The molecule has 0 spiro atoms. The van der Waals surface area contributed by atoms with Crippen molar-refractivity contribution in [3.63, 3.8) is 0 Å². The van der Waals surface area contributed by atoms with Gasteiger partial charge in [-0.1, -0.05) is 18.5 Å². The quantitative estimate of drug-likeness (QED) is 0.850. The van der Waals surface area contributed by atoms with Crippen LogP contribution in [-0.2, 0) is 0 Å². The van der Waals surface area contributed by atoms with Crippen molar-refractivity contribution in [3.05, 3.63) is 34.6 Å². The van der Waals surface area contributed by atoms with E-state index in [2.05, 4.69) is 5.32 Å². The number of carbonyl (C=O) groups is 1. The Labute approximate surface area is 98.2 Å². The molecule has 0 saturated heterocycles. The molecular weight excluding hydrogens is 233 g/mol. The predicted molar refractivity (Wildman–Crippen MR) is 60.0 cm³/mol. The summed E-state index contributed by atoms with van der Waals surface area (Å²) in [4.78, 5) is 11.5. The van der Waals surface area contributed by atoms with Crippen LogP contribution >= 0.6 is 11.6 Å². The van der Waals surface area contributed by atoms with Crippen LogP contribution in [0.25, 0.3) is 0 Å². The minimum Gasteiger partial charge on any atom is -0.396 e. The third-order valence-electron chi connectivity index (χ3n) is 2.10. The first-order valence-corrected chi connectivity index (χ1v) is 5.26. The summed E-state index contributed by atoms with van der Waals surface area (Å²) >= 11 is 5.50. The highest BCUT2D eigenvalue weighted by atomic mass is 35.5. The zero-order valence-corrected chi connectivity index (χ0v) is 9.59. The van der Waals surface area contributed by atoms with Gasteiger partial charge in [-0.15, -0.1) is 0 Å². The summed E-state index contributed by atoms with van der Waals surface area (Å²) in [6, 6.07) is 3.87. The summed E-state index contributed by atoms with van der Waals surface area (Å²) in [5.41, 5.74) is 0.215. The van der Waals surface area contributed by atoms with Gasteiger partial charge in [0.1, 0.15) is 5.82 Å². The third-order valence-corrected chi connectivity index (χ3v) is 2.41. The second-order valence-electron chi connectivity index (χ2n) is 3.63. The number of carbonyl (C=O) groups excluding carboxylic acids is 1. The standard InChI is InChI=1S/C11H13ClFNO2/c1-7(6-15)5-14-11(16)8-2-3-9(12)10(13)4-8/h2-4,7,15H,5-6H2,1H3,(H,14,16). The van der Waals surface area contributed by atoms with Crippen LogP contribution in [0.3, 0.4) is 0 Å². The minimum atomic E-state index is -0.621. The largest absolute Gasteiger partial charge is 0.396 e. The molecule has 1 rings (SSSR count). The van der Waals surface area contributed by atoms with Gasteiger partial charge in [-0.25, -0.2) is 4.39 Å². The maximum absolute atomic E-state index is 13.1. The van der Waals surface area contributed by atoms with Crippen LogP contribution in [0.15, 0.2) is 18.2 Å². The molecule has 0 bridgehead atoms. The molecule has 0 aliphatic heterocycles. The number of benzene rings is 1. The summed E-state index contributed by atoms with van der Waals surface area (Å²) < 4.78 is 13.1. The molecule has 1 amide bonds. The van der Waals surface area contributed by atoms with Crippen molar-refractivity contribution in [2.75, 3.05) is 13.2 Å². The second-order valence-corrected chi connectivity index (χ2v) is 4.03. The zero-order chi connectivity index (χ0) is 12.1. The molecule has 0 aliphatic rings. The maximum Gasteiger partial charge on any atom is 0.251 e. The Morgan fingerprint density at radius 1 is 1.62 bits per heavy atom. The van der Waals surface area contributed by atoms with Gasteiger partial charge in [0, 0.05) is 18.7 Å². The Hall–Kier alpha value is -1.13. The number of hydrogen-bond acceptors (Lipinski definition) is 2. The Balaban J connectivity index is 2.63. The van der Waals surface area contributed by atoms with Gasteiger partial charge in [-0.3, -0.25) is 4.79 Å². The van der Waals surface area contributed by atoms with Gasteiger partial charge >= 0.3 is 0 Å². The van der Waals surface area contributed by atoms with Crippen molar-refractivity contribution < 1.29 is 14.3 Å². The molecule has 0 saturated carbocycles. The van der Waals surface area contributed by atoms with Crippen LogP contribution in [-0.4, -0.2) is 24.2 Å². The fourth-order valence-corrected chi connectivity index (χ4v) is 1.19. The lowest BCUT2D eigenvalue weighted by molar-refractivity contribution is 0.0942. The van der Waals surface area contributed by atoms with Gasteiger partial charge in [-0.2, -0.15) is 0 Å². The third kappa shape index (κ3) is 3.47. The number of aliphatic hydroxyl groups is 1. The lowest BCUT2D eigenvalue weighted by atomic mass is 10.1. The fourth-order valence-electron chi connectivity index (χ4n) is 1.07. The van der Waals surface area contributed by atoms with E-state index in [9.17, 15) is 9.18 Å². The Bertz CT molecular complexity index is 384. The molecule has 0 aliphatic carbocycles. The number of halogens is 2. The molecule has 1 aromatic carbocycles. The van der Waals surface area contributed by atoms with E-state index in [-0.39, 0.29) is 29.0 Å². The number of aliphatic hydroxyl groups excluding tert-OH is 1. The lowest BCUT2D eigenvalue weighted by Crippen LogP contribution is -2.29. The highest BCUT2D eigenvalue weighted by Gasteiger charge is 2.09. The van der Waals surface area contributed by atoms with Crippen molar-refractivity contribution in [3.8, 4) is 0 Å². The molecule has 2 N–H and O–H groups in total. The van der Waals surface area contributed by atoms with Crippen molar-refractivity contribution >= 4 is 17.5 Å². The van der Waals surface area contributed by atoms with E-state index in [1.54, 1.807) is 6.92 Å². The topological polar surface area (TPSA) is 49.3 Å². The molecule has 3 nitrogen and oxygen atoms in total. The molecule has 0 fully saturated rings. The van der Waals surface area contributed by atoms with E-state index in [0.717, 1.165) is 6.07 Å². The van der Waals surface area contributed by atoms with Crippen LogP contribution in [0.5, 0.6) is 0 Å². The van der Waals surface area contributed by atoms with Gasteiger partial charge in [-0.05, 0) is 24.1 Å². The van der Waals surface area contributed by atoms with E-state index in [1.165, 1.54) is 12.1 Å². The zero-order valence-electron chi connectivity index (χ0n) is 8.84. The number of hydrogen-bond donors (Lipinski definition) is 2. The van der Waals surface area contributed by atoms with E-state index >= 15 is 0 Å². The van der Waals surface area contributed by atoms with E-state index in [0.29, 0.717) is 6.54 Å². The van der Waals surface area contributed by atoms with Gasteiger partial charge in [0.05, 0.1) is 5.02 Å². The van der Waals surface area contributed by atoms with Crippen LogP contribution in [0, 0.1) is 11.7 Å². The number of rotatable bonds is 4. The van der Waals surface area contributed by atoms with E-state index in [1.807, 2.05) is 0 Å². The highest BCUT2D eigenvalue weighted by molar-refractivity contribution is 6.30. The minimum absolute atomic E-state index is 0.00470. The molecule has 5 heteroatoms. The first-order chi connectivity index (χ1) is 7.54. The first kappa shape index (κ1) is 12.9. The van der Waals surface area contributed by atoms with Crippen molar-refractivity contribution in [1.82, 2.24) is 5.32 Å². The van der Waals surface area contributed by atoms with Crippen LogP contribution in [0.4, 0.5) is 4.39 Å². The average Bonchev–Trinajstić information content (AvgIpc) is 2.29. The monoisotopic (exact) mass is 245 g/mol.